The summed E-state index contributed by atoms with van der Waals surface area (Å²) in [5.41, 5.74) is 6.98. The standard InChI is InChI=1S/C35H32N3O.Pt/c1-34(2,3)24-21-28(36-32(22-24)35(4,5)23-13-7-6-8-14-23)27-20-19-26-25-15-9-10-16-29(25)38(33(26)37-27)30-17-11-12-18-31(30)39;/h6-13,15-22,39H,1-5H3;/q-1;. The van der Waals surface area contributed by atoms with Crippen molar-refractivity contribution >= 4 is 21.9 Å². The molecule has 0 bridgehead atoms. The number of aromatic nitrogens is 3. The Kier molecular flexibility index (Phi) is 7.18. The Morgan fingerprint density at radius 3 is 2.17 bits per heavy atom. The van der Waals surface area contributed by atoms with Crippen LogP contribution in [0.2, 0.25) is 0 Å². The first-order valence-corrected chi connectivity index (χ1v) is 13.3. The van der Waals surface area contributed by atoms with E-state index in [1.807, 2.05) is 47.0 Å². The molecule has 3 aromatic heterocycles. The minimum atomic E-state index is -0.341. The quantitative estimate of drug-likeness (QED) is 0.188. The zero-order valence-electron chi connectivity index (χ0n) is 23.3. The van der Waals surface area contributed by atoms with Crippen molar-refractivity contribution in [2.45, 2.75) is 45.4 Å². The Hall–Kier alpha value is -3.75. The fourth-order valence-corrected chi connectivity index (χ4v) is 5.21. The van der Waals surface area contributed by atoms with Gasteiger partial charge in [0.2, 0.25) is 0 Å². The minimum Gasteiger partial charge on any atom is -0.506 e. The molecule has 0 aliphatic carbocycles. The fraction of sp³-hybridized carbons (Fsp3) is 0.200. The van der Waals surface area contributed by atoms with E-state index in [1.54, 1.807) is 6.07 Å². The Balaban J connectivity index is 0.00000323. The number of benzene rings is 3. The summed E-state index contributed by atoms with van der Waals surface area (Å²) in [6.45, 7) is 11.1. The number of rotatable bonds is 4. The summed E-state index contributed by atoms with van der Waals surface area (Å²) in [7, 11) is 0. The monoisotopic (exact) mass is 705 g/mol. The van der Waals surface area contributed by atoms with E-state index in [0.717, 1.165) is 44.6 Å². The fourth-order valence-electron chi connectivity index (χ4n) is 5.21. The van der Waals surface area contributed by atoms with Gasteiger partial charge in [0.15, 0.2) is 0 Å². The van der Waals surface area contributed by atoms with Gasteiger partial charge in [0.1, 0.15) is 11.4 Å². The Labute approximate surface area is 250 Å². The summed E-state index contributed by atoms with van der Waals surface area (Å²) in [6.07, 6.45) is 0. The number of hydrogen-bond donors (Lipinski definition) is 1. The van der Waals surface area contributed by atoms with Crippen molar-refractivity contribution in [1.82, 2.24) is 14.5 Å². The van der Waals surface area contributed by atoms with Gasteiger partial charge in [-0.1, -0.05) is 65.0 Å². The molecule has 204 valence electrons. The van der Waals surface area contributed by atoms with Crippen molar-refractivity contribution < 1.29 is 26.2 Å². The SMILES string of the molecule is CC(C)(C)c1cc(-c2ccc3c4ccccc4n(-c4ccccc4O)c3n2)nc(C(C)(C)c2[c-]cccc2)c1.[Pt]. The van der Waals surface area contributed by atoms with E-state index in [0.29, 0.717) is 5.69 Å². The molecule has 0 spiro atoms. The largest absolute Gasteiger partial charge is 0.506 e. The van der Waals surface area contributed by atoms with Crippen LogP contribution in [-0.4, -0.2) is 19.6 Å². The van der Waals surface area contributed by atoms with Gasteiger partial charge >= 0.3 is 0 Å². The van der Waals surface area contributed by atoms with Gasteiger partial charge in [-0.05, 0) is 53.4 Å². The number of pyridine rings is 2. The summed E-state index contributed by atoms with van der Waals surface area (Å²) in [5, 5.41) is 12.9. The molecule has 3 heterocycles. The van der Waals surface area contributed by atoms with Crippen LogP contribution in [0.5, 0.6) is 5.75 Å². The van der Waals surface area contributed by atoms with Crippen LogP contribution < -0.4 is 0 Å². The Morgan fingerprint density at radius 2 is 1.45 bits per heavy atom. The van der Waals surface area contributed by atoms with Crippen LogP contribution in [-0.2, 0) is 31.9 Å². The van der Waals surface area contributed by atoms with Crippen LogP contribution in [0, 0.1) is 6.07 Å². The van der Waals surface area contributed by atoms with Crippen molar-refractivity contribution in [1.29, 1.82) is 0 Å². The molecule has 0 radical (unpaired) electrons. The van der Waals surface area contributed by atoms with Crippen LogP contribution >= 0.6 is 0 Å². The average molecular weight is 706 g/mol. The van der Waals surface area contributed by atoms with E-state index in [9.17, 15) is 5.11 Å². The molecule has 0 saturated carbocycles. The number of nitrogens with zero attached hydrogens (tertiary/aromatic N) is 3. The molecule has 6 aromatic rings. The van der Waals surface area contributed by atoms with Crippen molar-refractivity contribution in [3.8, 4) is 22.8 Å². The number of phenols is 1. The van der Waals surface area contributed by atoms with Gasteiger partial charge in [0.05, 0.1) is 22.6 Å². The number of fused-ring (bicyclic) bond motifs is 3. The maximum absolute atomic E-state index is 10.8. The van der Waals surface area contributed by atoms with Crippen LogP contribution in [0.15, 0.2) is 97.1 Å². The van der Waals surface area contributed by atoms with E-state index in [4.69, 9.17) is 9.97 Å². The maximum atomic E-state index is 10.8. The molecule has 0 aliphatic heterocycles. The molecule has 5 heteroatoms. The molecular formula is C35H32N3OPt-. The molecular weight excluding hydrogens is 673 g/mol. The third-order valence-electron chi connectivity index (χ3n) is 7.62. The summed E-state index contributed by atoms with van der Waals surface area (Å²) < 4.78 is 2.04. The molecule has 40 heavy (non-hydrogen) atoms. The van der Waals surface area contributed by atoms with E-state index in [1.165, 1.54) is 5.56 Å². The second kappa shape index (κ2) is 10.3. The number of hydrogen-bond acceptors (Lipinski definition) is 3. The number of phenolic OH excluding ortho intramolecular Hbond substituents is 1. The van der Waals surface area contributed by atoms with Crippen molar-refractivity contribution in [3.05, 3.63) is 120 Å². The summed E-state index contributed by atoms with van der Waals surface area (Å²) in [6, 6.07) is 35.7. The van der Waals surface area contributed by atoms with Gasteiger partial charge in [-0.25, -0.2) is 4.98 Å². The number of para-hydroxylation sites is 3. The zero-order chi connectivity index (χ0) is 27.4. The van der Waals surface area contributed by atoms with Crippen molar-refractivity contribution in [2.24, 2.45) is 0 Å². The first kappa shape index (κ1) is 27.8. The summed E-state index contributed by atoms with van der Waals surface area (Å²) in [5.74, 6) is 0.211. The third-order valence-corrected chi connectivity index (χ3v) is 7.62. The van der Waals surface area contributed by atoms with E-state index in [2.05, 4.69) is 89.2 Å². The number of aromatic hydroxyl groups is 1. The van der Waals surface area contributed by atoms with E-state index >= 15 is 0 Å². The predicted octanol–water partition coefficient (Wildman–Crippen LogP) is 8.37. The van der Waals surface area contributed by atoms with Gasteiger partial charge in [-0.15, -0.1) is 0 Å². The minimum absolute atomic E-state index is 0. The molecule has 0 amide bonds. The molecule has 4 nitrogen and oxygen atoms in total. The first-order valence-electron chi connectivity index (χ1n) is 13.3. The van der Waals surface area contributed by atoms with Gasteiger partial charge in [-0.3, -0.25) is 9.55 Å². The second-order valence-corrected chi connectivity index (χ2v) is 11.7. The van der Waals surface area contributed by atoms with Crippen molar-refractivity contribution in [2.75, 3.05) is 0 Å². The summed E-state index contributed by atoms with van der Waals surface area (Å²) in [4.78, 5) is 10.4. The smallest absolute Gasteiger partial charge is 0.146 e. The van der Waals surface area contributed by atoms with Gasteiger partial charge < -0.3 is 5.11 Å². The second-order valence-electron chi connectivity index (χ2n) is 11.7. The van der Waals surface area contributed by atoms with E-state index in [-0.39, 0.29) is 37.6 Å². The van der Waals surface area contributed by atoms with Crippen molar-refractivity contribution in [3.63, 3.8) is 0 Å². The molecule has 0 unspecified atom stereocenters. The van der Waals surface area contributed by atoms with Crippen LogP contribution in [0.4, 0.5) is 0 Å². The van der Waals surface area contributed by atoms with Crippen LogP contribution in [0.1, 0.15) is 51.4 Å². The zero-order valence-corrected chi connectivity index (χ0v) is 25.6. The van der Waals surface area contributed by atoms with E-state index < -0.39 is 0 Å². The molecule has 3 aromatic carbocycles. The molecule has 0 saturated heterocycles. The maximum Gasteiger partial charge on any atom is 0.146 e. The topological polar surface area (TPSA) is 50.9 Å². The first-order chi connectivity index (χ1) is 18.6. The van der Waals surface area contributed by atoms with Gasteiger partial charge in [0, 0.05) is 42.9 Å². The summed E-state index contributed by atoms with van der Waals surface area (Å²) >= 11 is 0. The predicted molar refractivity (Wildman–Crippen MR) is 160 cm³/mol. The molecule has 0 fully saturated rings. The van der Waals surface area contributed by atoms with Crippen LogP contribution in [0.3, 0.4) is 0 Å². The average Bonchev–Trinajstić information content (AvgIpc) is 3.26. The molecule has 6 rings (SSSR count). The molecule has 0 aliphatic rings. The third kappa shape index (κ3) is 4.75. The van der Waals surface area contributed by atoms with Gasteiger partial charge in [-0.2, -0.15) is 35.9 Å². The normalized spacial score (nSPS) is 12.0. The van der Waals surface area contributed by atoms with Gasteiger partial charge in [0.25, 0.3) is 0 Å². The Bertz CT molecular complexity index is 1830. The Morgan fingerprint density at radius 1 is 0.725 bits per heavy atom. The molecule has 0 atom stereocenters. The molecule has 1 N–H and O–H groups in total. The van der Waals surface area contributed by atoms with Crippen LogP contribution in [0.25, 0.3) is 39.0 Å².